The van der Waals surface area contributed by atoms with Crippen molar-refractivity contribution in [3.8, 4) is 0 Å². The van der Waals surface area contributed by atoms with Gasteiger partial charge in [-0.1, -0.05) is 0 Å². The van der Waals surface area contributed by atoms with E-state index in [2.05, 4.69) is 116 Å². The number of hydrogen-bond acceptors (Lipinski definition) is 0. The van der Waals surface area contributed by atoms with Crippen LogP contribution in [0.3, 0.4) is 0 Å². The van der Waals surface area contributed by atoms with Crippen molar-refractivity contribution in [1.29, 1.82) is 0 Å². The molecular weight excluding hydrogens is 658 g/mol. The standard InChI is InChI=1S/3C9H11.HI.Pb/c3*1-7-4-8(2)6-9(3)5-7;;/h3*4-5H,1-3H3;1H;/q;;;;+1/p-1. The molecule has 0 aromatic heterocycles. The molecule has 0 radical (unpaired) electrons. The van der Waals surface area contributed by atoms with Crippen molar-refractivity contribution in [3.63, 3.8) is 0 Å². The van der Waals surface area contributed by atoms with Gasteiger partial charge in [0.25, 0.3) is 0 Å². The second-order valence-electron chi connectivity index (χ2n) is 8.98. The Morgan fingerprint density at radius 3 is 0.759 bits per heavy atom. The summed E-state index contributed by atoms with van der Waals surface area (Å²) >= 11 is -0.467. The van der Waals surface area contributed by atoms with Crippen LogP contribution in [0.2, 0.25) is 0 Å². The molecule has 0 nitrogen and oxygen atoms in total. The minimum absolute atomic E-state index is 1.37. The molecule has 3 rings (SSSR count). The molecule has 0 saturated heterocycles. The van der Waals surface area contributed by atoms with E-state index in [1.54, 1.807) is 9.37 Å². The molecule has 0 saturated carbocycles. The van der Waals surface area contributed by atoms with Crippen LogP contribution in [0.4, 0.5) is 0 Å². The van der Waals surface area contributed by atoms with E-state index in [0.29, 0.717) is 0 Å². The third-order valence-corrected chi connectivity index (χ3v) is 37.5. The van der Waals surface area contributed by atoms with Crippen LogP contribution < -0.4 is 9.37 Å². The summed E-state index contributed by atoms with van der Waals surface area (Å²) in [4.78, 5) is 0. The molecule has 0 fully saturated rings. The van der Waals surface area contributed by atoms with Crippen molar-refractivity contribution in [2.24, 2.45) is 0 Å². The third-order valence-electron chi connectivity index (χ3n) is 6.06. The Hall–Kier alpha value is -0.688. The molecule has 0 amide bonds. The summed E-state index contributed by atoms with van der Waals surface area (Å²) in [5.41, 5.74) is 12.9. The molecule has 0 aliphatic rings. The van der Waals surface area contributed by atoms with Crippen molar-refractivity contribution in [3.05, 3.63) is 86.5 Å². The van der Waals surface area contributed by atoms with Crippen LogP contribution in [0.5, 0.6) is 0 Å². The first-order valence-corrected chi connectivity index (χ1v) is 27.2. The molecule has 2 heteroatoms. The number of benzene rings is 3. The molecule has 3 aromatic carbocycles. The average Bonchev–Trinajstić information content (AvgIpc) is 2.51. The van der Waals surface area contributed by atoms with Crippen LogP contribution in [-0.2, 0) is 0 Å². The SMILES string of the molecule is Cc1cc(C)[c]([Pb]([I])([c]2c(C)cc(C)cc2C)[c]2c(C)cc(C)cc2C)c(C)c1. The Labute approximate surface area is 191 Å². The average molecular weight is 692 g/mol. The quantitative estimate of drug-likeness (QED) is 0.239. The van der Waals surface area contributed by atoms with Crippen LogP contribution in [0.1, 0.15) is 50.1 Å². The van der Waals surface area contributed by atoms with Crippen molar-refractivity contribution >= 4 is 44.0 Å². The van der Waals surface area contributed by atoms with E-state index in [1.807, 2.05) is 0 Å². The fourth-order valence-electron chi connectivity index (χ4n) is 5.55. The minimum atomic E-state index is -3.45. The van der Waals surface area contributed by atoms with Crippen molar-refractivity contribution in [2.45, 2.75) is 62.3 Å². The van der Waals surface area contributed by atoms with E-state index in [9.17, 15) is 0 Å². The van der Waals surface area contributed by atoms with Gasteiger partial charge in [-0.3, -0.25) is 0 Å². The Bertz CT molecular complexity index is 899. The maximum absolute atomic E-state index is 3.45. The summed E-state index contributed by atoms with van der Waals surface area (Å²) in [6.45, 7) is 20.7. The number of halogens is 1. The molecule has 3 aromatic rings. The molecule has 0 atom stereocenters. The fourth-order valence-corrected chi connectivity index (χ4v) is 45.2. The third kappa shape index (κ3) is 4.10. The summed E-state index contributed by atoms with van der Waals surface area (Å²) in [6.07, 6.45) is 0. The Balaban J connectivity index is 2.55. The van der Waals surface area contributed by atoms with Gasteiger partial charge in [0.1, 0.15) is 0 Å². The zero-order valence-electron chi connectivity index (χ0n) is 19.3. The van der Waals surface area contributed by atoms with E-state index < -0.39 is 16.9 Å². The van der Waals surface area contributed by atoms with Crippen LogP contribution >= 0.6 is 17.8 Å². The maximum atomic E-state index is 2.98. The van der Waals surface area contributed by atoms with Gasteiger partial charge in [-0.2, -0.15) is 0 Å². The molecule has 0 N–H and O–H groups in total. The summed E-state index contributed by atoms with van der Waals surface area (Å²) in [5, 5.41) is 0. The van der Waals surface area contributed by atoms with E-state index in [1.165, 1.54) is 50.1 Å². The molecule has 0 heterocycles. The zero-order chi connectivity index (χ0) is 21.7. The topological polar surface area (TPSA) is 0 Å². The predicted molar refractivity (Wildman–Crippen MR) is 141 cm³/mol. The fraction of sp³-hybridized carbons (Fsp3) is 0.333. The summed E-state index contributed by atoms with van der Waals surface area (Å²) in [5.74, 6) is 0. The van der Waals surface area contributed by atoms with E-state index in [4.69, 9.17) is 0 Å². The summed E-state index contributed by atoms with van der Waals surface area (Å²) < 4.78 is 4.98. The van der Waals surface area contributed by atoms with Gasteiger partial charge < -0.3 is 0 Å². The van der Waals surface area contributed by atoms with Gasteiger partial charge in [-0.25, -0.2) is 0 Å². The van der Waals surface area contributed by atoms with Crippen molar-refractivity contribution < 1.29 is 0 Å². The van der Waals surface area contributed by atoms with Crippen LogP contribution in [-0.4, -0.2) is 16.9 Å². The Morgan fingerprint density at radius 2 is 0.586 bits per heavy atom. The summed E-state index contributed by atoms with van der Waals surface area (Å²) in [6, 6.07) is 14.4. The first-order valence-electron chi connectivity index (χ1n) is 10.4. The van der Waals surface area contributed by atoms with Crippen LogP contribution in [0.25, 0.3) is 0 Å². The van der Waals surface area contributed by atoms with Crippen molar-refractivity contribution in [2.75, 3.05) is 0 Å². The van der Waals surface area contributed by atoms with Gasteiger partial charge >= 0.3 is 193 Å². The normalized spacial score (nSPS) is 11.8. The molecule has 0 aliphatic heterocycles. The van der Waals surface area contributed by atoms with E-state index in [0.717, 1.165) is 0 Å². The van der Waals surface area contributed by atoms with Gasteiger partial charge in [-0.05, 0) is 0 Å². The first kappa shape index (κ1) is 23.0. The molecule has 0 bridgehead atoms. The number of hydrogen-bond donors (Lipinski definition) is 0. The van der Waals surface area contributed by atoms with Gasteiger partial charge in [0.15, 0.2) is 0 Å². The van der Waals surface area contributed by atoms with Crippen LogP contribution in [0, 0.1) is 62.3 Å². The van der Waals surface area contributed by atoms with Gasteiger partial charge in [0.2, 0.25) is 0 Å². The zero-order valence-corrected chi connectivity index (χ0v) is 25.4. The van der Waals surface area contributed by atoms with Crippen molar-refractivity contribution in [1.82, 2.24) is 0 Å². The van der Waals surface area contributed by atoms with Gasteiger partial charge in [-0.15, -0.1) is 0 Å². The van der Waals surface area contributed by atoms with Gasteiger partial charge in [0, 0.05) is 0 Å². The first-order chi connectivity index (χ1) is 13.5. The predicted octanol–water partition coefficient (Wildman–Crippen LogP) is 5.86. The molecule has 0 unspecified atom stereocenters. The van der Waals surface area contributed by atoms with E-state index >= 15 is 0 Å². The Morgan fingerprint density at radius 1 is 0.414 bits per heavy atom. The molecule has 0 spiro atoms. The number of rotatable bonds is 3. The number of aryl methyl sites for hydroxylation is 9. The second kappa shape index (κ2) is 8.45. The Kier molecular flexibility index (Phi) is 6.70. The molecule has 152 valence electrons. The molecule has 0 aliphatic carbocycles. The molecule has 29 heavy (non-hydrogen) atoms. The van der Waals surface area contributed by atoms with E-state index in [-0.39, 0.29) is 0 Å². The van der Waals surface area contributed by atoms with Crippen LogP contribution in [0.15, 0.2) is 36.4 Å². The van der Waals surface area contributed by atoms with Gasteiger partial charge in [0.05, 0.1) is 0 Å². The second-order valence-corrected chi connectivity index (χ2v) is 34.1. The summed E-state index contributed by atoms with van der Waals surface area (Å²) in [7, 11) is 0. The monoisotopic (exact) mass is 692 g/mol. The molecular formula is C27H33IPb.